The van der Waals surface area contributed by atoms with E-state index in [1.807, 2.05) is 20.8 Å². The Morgan fingerprint density at radius 3 is 2.83 bits per heavy atom. The number of aromatic nitrogens is 2. The number of rotatable bonds is 4. The van der Waals surface area contributed by atoms with E-state index in [-0.39, 0.29) is 18.1 Å². The Morgan fingerprint density at radius 1 is 1.44 bits per heavy atom. The first-order valence-electron chi connectivity index (χ1n) is 6.33. The number of hydrogen-bond donors (Lipinski definition) is 0. The largest absolute Gasteiger partial charge is 0.382 e. The van der Waals surface area contributed by atoms with Gasteiger partial charge in [-0.05, 0) is 6.92 Å². The topological polar surface area (TPSA) is 60.6 Å². The van der Waals surface area contributed by atoms with Crippen molar-refractivity contribution in [3.8, 4) is 0 Å². The fraction of sp³-hybridized carbons (Fsp3) is 0.833. The molecule has 0 aliphatic carbocycles. The lowest BCUT2D eigenvalue weighted by atomic mass is 10.2. The lowest BCUT2D eigenvalue weighted by Crippen LogP contribution is -2.48. The first-order valence-corrected chi connectivity index (χ1v) is 6.33. The van der Waals surface area contributed by atoms with E-state index in [4.69, 9.17) is 14.0 Å². The summed E-state index contributed by atoms with van der Waals surface area (Å²) in [7, 11) is 1.68. The summed E-state index contributed by atoms with van der Waals surface area (Å²) in [5.41, 5.74) is 0. The summed E-state index contributed by atoms with van der Waals surface area (Å²) < 4.78 is 16.2. The van der Waals surface area contributed by atoms with Gasteiger partial charge in [0.2, 0.25) is 0 Å². The van der Waals surface area contributed by atoms with Crippen LogP contribution in [0.5, 0.6) is 0 Å². The first-order chi connectivity index (χ1) is 8.60. The van der Waals surface area contributed by atoms with Crippen LogP contribution < -0.4 is 4.90 Å². The van der Waals surface area contributed by atoms with Gasteiger partial charge in [0, 0.05) is 19.6 Å². The van der Waals surface area contributed by atoms with Crippen LogP contribution in [-0.4, -0.2) is 49.2 Å². The van der Waals surface area contributed by atoms with Crippen molar-refractivity contribution in [2.45, 2.75) is 38.9 Å². The zero-order chi connectivity index (χ0) is 13.1. The fourth-order valence-electron chi connectivity index (χ4n) is 2.07. The third kappa shape index (κ3) is 3.00. The second kappa shape index (κ2) is 5.67. The minimum absolute atomic E-state index is 0.0492. The van der Waals surface area contributed by atoms with Crippen molar-refractivity contribution in [2.24, 2.45) is 0 Å². The standard InChI is InChI=1S/C12H21N3O3/c1-8(2)11-13-12(18-14-11)15-5-9(3)17-10(6-15)7-16-4/h8-10H,5-7H2,1-4H3. The molecule has 6 nitrogen and oxygen atoms in total. The molecule has 0 saturated carbocycles. The third-order valence-corrected chi connectivity index (χ3v) is 2.90. The number of nitrogens with zero attached hydrogens (tertiary/aromatic N) is 3. The maximum atomic E-state index is 5.78. The molecule has 1 saturated heterocycles. The van der Waals surface area contributed by atoms with Crippen LogP contribution >= 0.6 is 0 Å². The number of methoxy groups -OCH3 is 1. The Labute approximate surface area is 107 Å². The summed E-state index contributed by atoms with van der Waals surface area (Å²) in [6, 6.07) is 0.579. The molecule has 0 N–H and O–H groups in total. The van der Waals surface area contributed by atoms with Crippen LogP contribution in [0.3, 0.4) is 0 Å². The molecule has 1 aromatic rings. The summed E-state index contributed by atoms with van der Waals surface area (Å²) >= 11 is 0. The van der Waals surface area contributed by atoms with E-state index in [9.17, 15) is 0 Å². The molecule has 1 aliphatic rings. The van der Waals surface area contributed by atoms with Crippen molar-refractivity contribution in [2.75, 3.05) is 31.7 Å². The van der Waals surface area contributed by atoms with Gasteiger partial charge in [-0.2, -0.15) is 4.98 Å². The second-order valence-electron chi connectivity index (χ2n) is 5.02. The maximum absolute atomic E-state index is 5.78. The van der Waals surface area contributed by atoms with E-state index >= 15 is 0 Å². The molecule has 0 radical (unpaired) electrons. The van der Waals surface area contributed by atoms with Gasteiger partial charge in [-0.15, -0.1) is 0 Å². The molecule has 0 spiro atoms. The Hall–Kier alpha value is -1.14. The summed E-state index contributed by atoms with van der Waals surface area (Å²) in [6.45, 7) is 8.19. The van der Waals surface area contributed by atoms with Gasteiger partial charge in [-0.25, -0.2) is 0 Å². The Balaban J connectivity index is 2.06. The first kappa shape index (κ1) is 13.3. The van der Waals surface area contributed by atoms with E-state index in [2.05, 4.69) is 15.0 Å². The lowest BCUT2D eigenvalue weighted by molar-refractivity contribution is -0.0523. The lowest BCUT2D eigenvalue weighted by Gasteiger charge is -2.35. The normalized spacial score (nSPS) is 24.8. The Morgan fingerprint density at radius 2 is 2.22 bits per heavy atom. The maximum Gasteiger partial charge on any atom is 0.324 e. The Kier molecular flexibility index (Phi) is 4.19. The van der Waals surface area contributed by atoms with Crippen LogP contribution in [0.2, 0.25) is 0 Å². The summed E-state index contributed by atoms with van der Waals surface area (Å²) in [4.78, 5) is 6.48. The van der Waals surface area contributed by atoms with E-state index in [1.165, 1.54) is 0 Å². The molecule has 1 fully saturated rings. The zero-order valence-corrected chi connectivity index (χ0v) is 11.4. The highest BCUT2D eigenvalue weighted by molar-refractivity contribution is 5.27. The average Bonchev–Trinajstić information content (AvgIpc) is 2.78. The third-order valence-electron chi connectivity index (χ3n) is 2.90. The van der Waals surface area contributed by atoms with Gasteiger partial charge >= 0.3 is 6.01 Å². The monoisotopic (exact) mass is 255 g/mol. The van der Waals surface area contributed by atoms with Gasteiger partial charge in [0.25, 0.3) is 0 Å². The second-order valence-corrected chi connectivity index (χ2v) is 5.02. The molecular weight excluding hydrogens is 234 g/mol. The SMILES string of the molecule is COCC1CN(c2nc(C(C)C)no2)CC(C)O1. The average molecular weight is 255 g/mol. The molecule has 6 heteroatoms. The van der Waals surface area contributed by atoms with Crippen molar-refractivity contribution < 1.29 is 14.0 Å². The molecule has 2 unspecified atom stereocenters. The molecule has 2 atom stereocenters. The molecule has 18 heavy (non-hydrogen) atoms. The van der Waals surface area contributed by atoms with Gasteiger partial charge in [-0.3, -0.25) is 0 Å². The van der Waals surface area contributed by atoms with Crippen molar-refractivity contribution in [3.63, 3.8) is 0 Å². The van der Waals surface area contributed by atoms with Crippen LogP contribution in [0.25, 0.3) is 0 Å². The highest BCUT2D eigenvalue weighted by Crippen LogP contribution is 2.20. The van der Waals surface area contributed by atoms with E-state index < -0.39 is 0 Å². The highest BCUT2D eigenvalue weighted by atomic mass is 16.5. The molecule has 1 aliphatic heterocycles. The molecule has 2 rings (SSSR count). The van der Waals surface area contributed by atoms with Gasteiger partial charge in [0.05, 0.1) is 25.4 Å². The summed E-state index contributed by atoms with van der Waals surface area (Å²) in [5.74, 6) is 1.02. The minimum Gasteiger partial charge on any atom is -0.382 e. The van der Waals surface area contributed by atoms with Gasteiger partial charge in [0.1, 0.15) is 0 Å². The van der Waals surface area contributed by atoms with E-state index in [0.717, 1.165) is 18.9 Å². The molecule has 2 heterocycles. The van der Waals surface area contributed by atoms with Crippen molar-refractivity contribution >= 4 is 6.01 Å². The van der Waals surface area contributed by atoms with Crippen LogP contribution in [-0.2, 0) is 9.47 Å². The predicted molar refractivity (Wildman–Crippen MR) is 66.8 cm³/mol. The van der Waals surface area contributed by atoms with E-state index in [1.54, 1.807) is 7.11 Å². The van der Waals surface area contributed by atoms with Crippen LogP contribution in [0, 0.1) is 0 Å². The molecule has 1 aromatic heterocycles. The molecule has 0 aromatic carbocycles. The molecular formula is C12H21N3O3. The van der Waals surface area contributed by atoms with Gasteiger partial charge in [-0.1, -0.05) is 19.0 Å². The fourth-order valence-corrected chi connectivity index (χ4v) is 2.07. The van der Waals surface area contributed by atoms with Gasteiger partial charge < -0.3 is 18.9 Å². The van der Waals surface area contributed by atoms with Crippen LogP contribution in [0.4, 0.5) is 6.01 Å². The van der Waals surface area contributed by atoms with E-state index in [0.29, 0.717) is 12.6 Å². The quantitative estimate of drug-likeness (QED) is 0.811. The van der Waals surface area contributed by atoms with Crippen LogP contribution in [0.1, 0.15) is 32.5 Å². The van der Waals surface area contributed by atoms with Crippen molar-refractivity contribution in [3.05, 3.63) is 5.82 Å². The minimum atomic E-state index is 0.0492. The smallest absolute Gasteiger partial charge is 0.324 e. The Bertz CT molecular complexity index is 380. The predicted octanol–water partition coefficient (Wildman–Crippen LogP) is 1.43. The molecule has 0 amide bonds. The van der Waals surface area contributed by atoms with Crippen molar-refractivity contribution in [1.29, 1.82) is 0 Å². The number of hydrogen-bond acceptors (Lipinski definition) is 6. The summed E-state index contributed by atoms with van der Waals surface area (Å²) in [6.07, 6.45) is 0.182. The van der Waals surface area contributed by atoms with Crippen LogP contribution in [0.15, 0.2) is 4.52 Å². The zero-order valence-electron chi connectivity index (χ0n) is 11.4. The number of morpholine rings is 1. The highest BCUT2D eigenvalue weighted by Gasteiger charge is 2.28. The summed E-state index contributed by atoms with van der Waals surface area (Å²) in [5, 5.41) is 3.99. The van der Waals surface area contributed by atoms with Crippen molar-refractivity contribution in [1.82, 2.24) is 10.1 Å². The van der Waals surface area contributed by atoms with Gasteiger partial charge in [0.15, 0.2) is 5.82 Å². The molecule has 0 bridgehead atoms. The number of ether oxygens (including phenoxy) is 2. The number of anilines is 1. The molecule has 102 valence electrons.